The van der Waals surface area contributed by atoms with Crippen LogP contribution in [0, 0.1) is 5.82 Å². The molecule has 25 heavy (non-hydrogen) atoms. The maximum atomic E-state index is 12.9. The van der Waals surface area contributed by atoms with Crippen LogP contribution in [-0.2, 0) is 22.7 Å². The van der Waals surface area contributed by atoms with Crippen LogP contribution < -0.4 is 5.56 Å². The highest BCUT2D eigenvalue weighted by Crippen LogP contribution is 2.22. The topological polar surface area (TPSA) is 81.3 Å². The van der Waals surface area contributed by atoms with Crippen LogP contribution in [0.2, 0.25) is 0 Å². The van der Waals surface area contributed by atoms with Gasteiger partial charge in [-0.15, -0.1) is 11.3 Å². The Morgan fingerprint density at radius 2 is 2.04 bits per heavy atom. The number of fused-ring (bicyclic) bond motifs is 1. The summed E-state index contributed by atoms with van der Waals surface area (Å²) in [6.45, 7) is 2.38. The lowest BCUT2D eigenvalue weighted by molar-refractivity contribution is 0.0512. The molecular weight excluding hydrogens is 347 g/mol. The zero-order valence-corrected chi connectivity index (χ0v) is 14.2. The van der Waals surface area contributed by atoms with Crippen LogP contribution in [0.1, 0.15) is 28.7 Å². The fraction of sp³-hybridized carbons (Fsp3) is 0.235. The van der Waals surface area contributed by atoms with Gasteiger partial charge in [-0.25, -0.2) is 14.2 Å². The maximum Gasteiger partial charge on any atom is 0.374 e. The van der Waals surface area contributed by atoms with Crippen molar-refractivity contribution in [2.45, 2.75) is 20.1 Å². The lowest BCUT2D eigenvalue weighted by atomic mass is 10.2. The third kappa shape index (κ3) is 3.92. The first-order valence-corrected chi connectivity index (χ1v) is 8.46. The largest absolute Gasteiger partial charge is 0.460 e. The van der Waals surface area contributed by atoms with Gasteiger partial charge < -0.3 is 14.5 Å². The number of esters is 1. The van der Waals surface area contributed by atoms with E-state index in [4.69, 9.17) is 9.47 Å². The Balaban J connectivity index is 1.75. The molecule has 6 nitrogen and oxygen atoms in total. The molecule has 0 saturated carbocycles. The summed E-state index contributed by atoms with van der Waals surface area (Å²) in [5.74, 6) is -1.08. The van der Waals surface area contributed by atoms with Crippen LogP contribution in [0.3, 0.4) is 0 Å². The summed E-state index contributed by atoms with van der Waals surface area (Å²) in [4.78, 5) is 31.0. The quantitative estimate of drug-likeness (QED) is 0.682. The van der Waals surface area contributed by atoms with Gasteiger partial charge in [0.1, 0.15) is 10.6 Å². The second kappa shape index (κ2) is 7.54. The number of aromatic amines is 1. The first-order valence-electron chi connectivity index (χ1n) is 7.58. The van der Waals surface area contributed by atoms with E-state index < -0.39 is 11.5 Å². The predicted octanol–water partition coefficient (Wildman–Crippen LogP) is 3.02. The molecule has 0 amide bonds. The lowest BCUT2D eigenvalue weighted by Gasteiger charge is -2.04. The van der Waals surface area contributed by atoms with Gasteiger partial charge in [0, 0.05) is 5.56 Å². The van der Waals surface area contributed by atoms with Crippen molar-refractivity contribution < 1.29 is 18.7 Å². The molecule has 0 aliphatic heterocycles. The van der Waals surface area contributed by atoms with E-state index in [1.807, 2.05) is 0 Å². The van der Waals surface area contributed by atoms with E-state index in [-0.39, 0.29) is 24.9 Å². The monoisotopic (exact) mass is 362 g/mol. The van der Waals surface area contributed by atoms with Crippen LogP contribution in [0.5, 0.6) is 0 Å². The molecule has 0 atom stereocenters. The third-order valence-corrected chi connectivity index (χ3v) is 4.35. The summed E-state index contributed by atoms with van der Waals surface area (Å²) in [6, 6.07) is 6.01. The standard InChI is InChI=1S/C17H15FN2O4S/c1-2-24-17(22)14-19-15(21)13-11(9-25-16(13)20-14)8-23-7-10-3-5-12(18)6-4-10/h3-6,9H,2,7-8H2,1H3,(H,19,20,21). The van der Waals surface area contributed by atoms with Gasteiger partial charge in [-0.3, -0.25) is 4.79 Å². The molecule has 8 heteroatoms. The van der Waals surface area contributed by atoms with Gasteiger partial charge in [0.15, 0.2) is 0 Å². The summed E-state index contributed by atoms with van der Waals surface area (Å²) in [5, 5.41) is 2.17. The van der Waals surface area contributed by atoms with Crippen LogP contribution in [-0.4, -0.2) is 22.5 Å². The van der Waals surface area contributed by atoms with Crippen molar-refractivity contribution in [2.75, 3.05) is 6.61 Å². The molecule has 0 aliphatic carbocycles. The molecule has 0 bridgehead atoms. The van der Waals surface area contributed by atoms with Gasteiger partial charge in [-0.2, -0.15) is 0 Å². The molecule has 0 radical (unpaired) electrons. The van der Waals surface area contributed by atoms with E-state index in [0.29, 0.717) is 22.4 Å². The highest BCUT2D eigenvalue weighted by molar-refractivity contribution is 7.16. The molecule has 0 spiro atoms. The van der Waals surface area contributed by atoms with E-state index in [2.05, 4.69) is 9.97 Å². The van der Waals surface area contributed by atoms with Crippen molar-refractivity contribution in [3.63, 3.8) is 0 Å². The van der Waals surface area contributed by atoms with Crippen molar-refractivity contribution in [1.29, 1.82) is 0 Å². The number of nitrogens with zero attached hydrogens (tertiary/aromatic N) is 1. The number of carbonyl (C=O) groups is 1. The van der Waals surface area contributed by atoms with Crippen molar-refractivity contribution in [3.8, 4) is 0 Å². The first-order chi connectivity index (χ1) is 12.1. The summed E-state index contributed by atoms with van der Waals surface area (Å²) < 4.78 is 23.3. The summed E-state index contributed by atoms with van der Waals surface area (Å²) in [6.07, 6.45) is 0. The second-order valence-electron chi connectivity index (χ2n) is 5.20. The molecule has 130 valence electrons. The van der Waals surface area contributed by atoms with E-state index in [0.717, 1.165) is 5.56 Å². The van der Waals surface area contributed by atoms with E-state index >= 15 is 0 Å². The number of rotatable bonds is 6. The fourth-order valence-corrected chi connectivity index (χ4v) is 3.19. The molecule has 3 rings (SSSR count). The minimum absolute atomic E-state index is 0.111. The van der Waals surface area contributed by atoms with Gasteiger partial charge in [0.25, 0.3) is 5.56 Å². The SMILES string of the molecule is CCOC(=O)c1nc2scc(COCc3ccc(F)cc3)c2c(=O)[nH]1. The number of hydrogen-bond donors (Lipinski definition) is 1. The van der Waals surface area contributed by atoms with E-state index in [1.54, 1.807) is 24.4 Å². The van der Waals surface area contributed by atoms with Gasteiger partial charge in [-0.1, -0.05) is 12.1 Å². The van der Waals surface area contributed by atoms with Crippen LogP contribution in [0.25, 0.3) is 10.2 Å². The second-order valence-corrected chi connectivity index (χ2v) is 6.05. The number of carbonyl (C=O) groups excluding carboxylic acids is 1. The fourth-order valence-electron chi connectivity index (χ4n) is 2.27. The molecule has 0 unspecified atom stereocenters. The number of aromatic nitrogens is 2. The zero-order valence-electron chi connectivity index (χ0n) is 13.4. The molecule has 3 aromatic rings. The average Bonchev–Trinajstić information content (AvgIpc) is 3.00. The summed E-state index contributed by atoms with van der Waals surface area (Å²) in [7, 11) is 0. The van der Waals surface area contributed by atoms with Crippen molar-refractivity contribution in [2.24, 2.45) is 0 Å². The van der Waals surface area contributed by atoms with Gasteiger partial charge in [0.2, 0.25) is 5.82 Å². The van der Waals surface area contributed by atoms with Crippen LogP contribution in [0.15, 0.2) is 34.4 Å². The Labute approximate surface area is 146 Å². The maximum absolute atomic E-state index is 12.9. The number of hydrogen-bond acceptors (Lipinski definition) is 6. The van der Waals surface area contributed by atoms with Crippen molar-refractivity contribution >= 4 is 27.5 Å². The number of H-pyrrole nitrogens is 1. The number of thiophene rings is 1. The molecule has 2 aromatic heterocycles. The summed E-state index contributed by atoms with van der Waals surface area (Å²) in [5.41, 5.74) is 1.11. The molecular formula is C17H15FN2O4S. The van der Waals surface area contributed by atoms with Crippen LogP contribution in [0.4, 0.5) is 4.39 Å². The first kappa shape index (κ1) is 17.2. The normalized spacial score (nSPS) is 11.0. The van der Waals surface area contributed by atoms with Crippen LogP contribution >= 0.6 is 11.3 Å². The minimum atomic E-state index is -0.663. The van der Waals surface area contributed by atoms with Gasteiger partial charge in [0.05, 0.1) is 25.2 Å². The Morgan fingerprint density at radius 3 is 2.76 bits per heavy atom. The molecule has 2 heterocycles. The molecule has 1 aromatic carbocycles. The Bertz CT molecular complexity index is 949. The highest BCUT2D eigenvalue weighted by atomic mass is 32.1. The molecule has 1 N–H and O–H groups in total. The van der Waals surface area contributed by atoms with Gasteiger partial charge >= 0.3 is 5.97 Å². The summed E-state index contributed by atoms with van der Waals surface area (Å²) >= 11 is 1.26. The smallest absolute Gasteiger partial charge is 0.374 e. The minimum Gasteiger partial charge on any atom is -0.460 e. The number of nitrogens with one attached hydrogen (secondary N) is 1. The molecule has 0 aliphatic rings. The average molecular weight is 362 g/mol. The number of ether oxygens (including phenoxy) is 2. The molecule has 0 saturated heterocycles. The number of halogens is 1. The highest BCUT2D eigenvalue weighted by Gasteiger charge is 2.16. The predicted molar refractivity (Wildman–Crippen MR) is 91.1 cm³/mol. The molecule has 0 fully saturated rings. The number of benzene rings is 1. The lowest BCUT2D eigenvalue weighted by Crippen LogP contribution is -2.17. The zero-order chi connectivity index (χ0) is 17.8. The van der Waals surface area contributed by atoms with E-state index in [1.165, 1.54) is 23.5 Å². The van der Waals surface area contributed by atoms with Crippen molar-refractivity contribution in [1.82, 2.24) is 9.97 Å². The Kier molecular flexibility index (Phi) is 5.20. The van der Waals surface area contributed by atoms with Gasteiger partial charge in [-0.05, 0) is 30.0 Å². The van der Waals surface area contributed by atoms with E-state index in [9.17, 15) is 14.0 Å². The third-order valence-electron chi connectivity index (χ3n) is 3.43. The Hall–Kier alpha value is -2.58. The Morgan fingerprint density at radius 1 is 1.28 bits per heavy atom. The van der Waals surface area contributed by atoms with Crippen molar-refractivity contribution in [3.05, 3.63) is 62.8 Å².